The Labute approximate surface area is 160 Å². The SMILES string of the molecule is CCNC(=NCc1ccccc1-n1ccnc1)N1CC2C3CCC(O3)C2C1. The van der Waals surface area contributed by atoms with Crippen LogP contribution in [0.5, 0.6) is 0 Å². The van der Waals surface area contributed by atoms with Crippen LogP contribution in [0.15, 0.2) is 48.0 Å². The quantitative estimate of drug-likeness (QED) is 0.668. The van der Waals surface area contributed by atoms with E-state index in [9.17, 15) is 0 Å². The molecule has 2 bridgehead atoms. The summed E-state index contributed by atoms with van der Waals surface area (Å²) in [6.07, 6.45) is 9.07. The van der Waals surface area contributed by atoms with E-state index in [2.05, 4.69) is 46.4 Å². The summed E-state index contributed by atoms with van der Waals surface area (Å²) in [4.78, 5) is 11.6. The number of hydrogen-bond acceptors (Lipinski definition) is 3. The summed E-state index contributed by atoms with van der Waals surface area (Å²) in [6, 6.07) is 8.41. The number of aliphatic imine (C=N–C) groups is 1. The van der Waals surface area contributed by atoms with Crippen molar-refractivity contribution in [1.82, 2.24) is 19.8 Å². The van der Waals surface area contributed by atoms with Crippen LogP contribution < -0.4 is 5.32 Å². The zero-order valence-corrected chi connectivity index (χ0v) is 15.8. The van der Waals surface area contributed by atoms with E-state index in [0.29, 0.717) is 30.6 Å². The molecule has 3 saturated heterocycles. The van der Waals surface area contributed by atoms with Gasteiger partial charge in [0.1, 0.15) is 0 Å². The van der Waals surface area contributed by atoms with E-state index >= 15 is 0 Å². The molecule has 2 aromatic rings. The third kappa shape index (κ3) is 3.02. The minimum Gasteiger partial charge on any atom is -0.374 e. The number of nitrogens with one attached hydrogen (secondary N) is 1. The summed E-state index contributed by atoms with van der Waals surface area (Å²) in [7, 11) is 0. The molecule has 27 heavy (non-hydrogen) atoms. The largest absolute Gasteiger partial charge is 0.374 e. The third-order valence-electron chi connectivity index (χ3n) is 6.26. The van der Waals surface area contributed by atoms with Gasteiger partial charge in [0.15, 0.2) is 5.96 Å². The topological polar surface area (TPSA) is 54.7 Å². The second kappa shape index (κ2) is 7.00. The van der Waals surface area contributed by atoms with Gasteiger partial charge in [-0.2, -0.15) is 0 Å². The van der Waals surface area contributed by atoms with Crippen LogP contribution in [-0.2, 0) is 11.3 Å². The van der Waals surface area contributed by atoms with Crippen LogP contribution in [0.25, 0.3) is 5.69 Å². The Bertz CT molecular complexity index is 800. The number of hydrogen-bond donors (Lipinski definition) is 1. The van der Waals surface area contributed by atoms with Crippen molar-refractivity contribution in [2.75, 3.05) is 19.6 Å². The zero-order chi connectivity index (χ0) is 18.2. The lowest BCUT2D eigenvalue weighted by molar-refractivity contribution is 0.0767. The number of aromatic nitrogens is 2. The van der Waals surface area contributed by atoms with E-state index in [1.165, 1.54) is 18.4 Å². The summed E-state index contributed by atoms with van der Waals surface area (Å²) >= 11 is 0. The summed E-state index contributed by atoms with van der Waals surface area (Å²) in [5.41, 5.74) is 2.34. The van der Waals surface area contributed by atoms with E-state index in [1.54, 1.807) is 0 Å². The Balaban J connectivity index is 1.35. The Hall–Kier alpha value is -2.34. The number of guanidine groups is 1. The molecule has 0 saturated carbocycles. The monoisotopic (exact) mass is 365 g/mol. The lowest BCUT2D eigenvalue weighted by Gasteiger charge is -2.23. The number of fused-ring (bicyclic) bond motifs is 5. The van der Waals surface area contributed by atoms with Gasteiger partial charge in [0, 0.05) is 43.9 Å². The zero-order valence-electron chi connectivity index (χ0n) is 15.8. The predicted molar refractivity (Wildman–Crippen MR) is 105 cm³/mol. The number of benzene rings is 1. The van der Waals surface area contributed by atoms with Gasteiger partial charge in [0.2, 0.25) is 0 Å². The van der Waals surface area contributed by atoms with E-state index in [1.807, 2.05) is 23.3 Å². The van der Waals surface area contributed by atoms with Crippen LogP contribution in [0, 0.1) is 11.8 Å². The third-order valence-corrected chi connectivity index (χ3v) is 6.26. The van der Waals surface area contributed by atoms with Crippen molar-refractivity contribution in [1.29, 1.82) is 0 Å². The summed E-state index contributed by atoms with van der Waals surface area (Å²) in [5, 5.41) is 3.50. The first kappa shape index (κ1) is 16.8. The minimum absolute atomic E-state index is 0.481. The number of nitrogens with zero attached hydrogens (tertiary/aromatic N) is 4. The molecule has 3 fully saturated rings. The number of likely N-dealkylation sites (tertiary alicyclic amines) is 1. The van der Waals surface area contributed by atoms with Gasteiger partial charge in [-0.15, -0.1) is 0 Å². The van der Waals surface area contributed by atoms with Crippen LogP contribution >= 0.6 is 0 Å². The molecule has 142 valence electrons. The lowest BCUT2D eigenvalue weighted by atomic mass is 9.82. The van der Waals surface area contributed by atoms with Crippen LogP contribution in [-0.4, -0.2) is 52.3 Å². The highest BCUT2D eigenvalue weighted by Crippen LogP contribution is 2.47. The van der Waals surface area contributed by atoms with Crippen molar-refractivity contribution in [3.8, 4) is 5.69 Å². The molecule has 1 aromatic heterocycles. The standard InChI is InChI=1S/C21H27N5O/c1-2-23-21(26-12-16-17(13-26)20-8-7-19(16)27-20)24-11-15-5-3-4-6-18(15)25-10-9-22-14-25/h3-6,9-10,14,16-17,19-20H,2,7-8,11-13H2,1H3,(H,23,24). The molecule has 1 aromatic carbocycles. The molecule has 4 atom stereocenters. The highest BCUT2D eigenvalue weighted by Gasteiger charge is 2.53. The van der Waals surface area contributed by atoms with Crippen molar-refractivity contribution in [3.05, 3.63) is 48.5 Å². The number of ether oxygens (including phenoxy) is 1. The van der Waals surface area contributed by atoms with Gasteiger partial charge in [-0.1, -0.05) is 18.2 Å². The van der Waals surface area contributed by atoms with Gasteiger partial charge in [0.05, 0.1) is 30.8 Å². The Kier molecular flexibility index (Phi) is 4.36. The Morgan fingerprint density at radius 1 is 1.22 bits per heavy atom. The highest BCUT2D eigenvalue weighted by atomic mass is 16.5. The summed E-state index contributed by atoms with van der Waals surface area (Å²) < 4.78 is 8.17. The molecule has 6 nitrogen and oxygen atoms in total. The second-order valence-corrected chi connectivity index (χ2v) is 7.79. The van der Waals surface area contributed by atoms with Gasteiger partial charge in [-0.3, -0.25) is 0 Å². The second-order valence-electron chi connectivity index (χ2n) is 7.79. The van der Waals surface area contributed by atoms with E-state index in [0.717, 1.165) is 31.3 Å². The summed E-state index contributed by atoms with van der Waals surface area (Å²) in [6.45, 7) is 5.82. The highest BCUT2D eigenvalue weighted by molar-refractivity contribution is 5.80. The van der Waals surface area contributed by atoms with Crippen LogP contribution in [0.1, 0.15) is 25.3 Å². The Morgan fingerprint density at radius 2 is 2.00 bits per heavy atom. The number of rotatable bonds is 4. The fraction of sp³-hybridized carbons (Fsp3) is 0.524. The summed E-state index contributed by atoms with van der Waals surface area (Å²) in [5.74, 6) is 2.41. The average Bonchev–Trinajstić information content (AvgIpc) is 3.47. The van der Waals surface area contributed by atoms with Crippen molar-refractivity contribution >= 4 is 5.96 Å². The van der Waals surface area contributed by atoms with E-state index in [-0.39, 0.29) is 0 Å². The first-order chi connectivity index (χ1) is 13.3. The molecular formula is C21H27N5O. The molecule has 3 aliphatic rings. The van der Waals surface area contributed by atoms with Crippen LogP contribution in [0.2, 0.25) is 0 Å². The van der Waals surface area contributed by atoms with E-state index in [4.69, 9.17) is 9.73 Å². The fourth-order valence-electron chi connectivity index (χ4n) is 5.02. The predicted octanol–water partition coefficient (Wildman–Crippen LogP) is 2.45. The maximum atomic E-state index is 6.12. The minimum atomic E-state index is 0.481. The molecular weight excluding hydrogens is 338 g/mol. The van der Waals surface area contributed by atoms with Gasteiger partial charge in [-0.25, -0.2) is 9.98 Å². The molecule has 5 rings (SSSR count). The van der Waals surface area contributed by atoms with Crippen molar-refractivity contribution < 1.29 is 4.74 Å². The smallest absolute Gasteiger partial charge is 0.194 e. The molecule has 4 heterocycles. The van der Waals surface area contributed by atoms with E-state index < -0.39 is 0 Å². The normalized spacial score (nSPS) is 29.4. The van der Waals surface area contributed by atoms with Gasteiger partial charge in [0.25, 0.3) is 0 Å². The molecule has 0 spiro atoms. The molecule has 0 radical (unpaired) electrons. The molecule has 4 unspecified atom stereocenters. The molecule has 0 aliphatic carbocycles. The number of imidazole rings is 1. The lowest BCUT2D eigenvalue weighted by Crippen LogP contribution is -2.41. The molecule has 6 heteroatoms. The van der Waals surface area contributed by atoms with Crippen molar-refractivity contribution in [3.63, 3.8) is 0 Å². The Morgan fingerprint density at radius 3 is 2.70 bits per heavy atom. The number of para-hydroxylation sites is 1. The maximum Gasteiger partial charge on any atom is 0.194 e. The van der Waals surface area contributed by atoms with Crippen LogP contribution in [0.4, 0.5) is 0 Å². The average molecular weight is 365 g/mol. The first-order valence-corrected chi connectivity index (χ1v) is 10.1. The molecule has 3 aliphatic heterocycles. The molecule has 1 N–H and O–H groups in total. The van der Waals surface area contributed by atoms with Gasteiger partial charge < -0.3 is 19.5 Å². The van der Waals surface area contributed by atoms with Crippen molar-refractivity contribution in [2.24, 2.45) is 16.8 Å². The van der Waals surface area contributed by atoms with Crippen LogP contribution in [0.3, 0.4) is 0 Å². The fourth-order valence-corrected chi connectivity index (χ4v) is 5.02. The van der Waals surface area contributed by atoms with Gasteiger partial charge in [-0.05, 0) is 31.4 Å². The molecule has 0 amide bonds. The van der Waals surface area contributed by atoms with Crippen molar-refractivity contribution in [2.45, 2.75) is 38.5 Å². The van der Waals surface area contributed by atoms with Gasteiger partial charge >= 0.3 is 0 Å². The maximum absolute atomic E-state index is 6.12. The first-order valence-electron chi connectivity index (χ1n) is 10.1.